The summed E-state index contributed by atoms with van der Waals surface area (Å²) in [7, 11) is 0. The second kappa shape index (κ2) is 4.53. The highest BCUT2D eigenvalue weighted by molar-refractivity contribution is 6.04. The maximum absolute atomic E-state index is 11.8. The first-order chi connectivity index (χ1) is 7.83. The Bertz CT molecular complexity index is 531. The molecule has 0 radical (unpaired) electrons. The number of carbonyl (C=O) groups excluding carboxylic acids is 1. The van der Waals surface area contributed by atoms with E-state index >= 15 is 0 Å². The van der Waals surface area contributed by atoms with Crippen molar-refractivity contribution >= 4 is 16.9 Å². The number of amides is 1. The lowest BCUT2D eigenvalue weighted by Crippen LogP contribution is -2.23. The molecule has 1 amide bonds. The quantitative estimate of drug-likeness (QED) is 0.787. The minimum Gasteiger partial charge on any atom is -0.349 e. The number of hydrogen-bond donors (Lipinski definition) is 1. The topological polar surface area (TPSA) is 54.9 Å². The van der Waals surface area contributed by atoms with Crippen LogP contribution >= 0.6 is 0 Å². The van der Waals surface area contributed by atoms with E-state index in [0.29, 0.717) is 23.1 Å². The number of fused-ring (bicyclic) bond motifs is 1. The average molecular weight is 213 g/mol. The summed E-state index contributed by atoms with van der Waals surface area (Å²) in [6.45, 7) is 3.99. The van der Waals surface area contributed by atoms with E-state index in [2.05, 4.69) is 21.9 Å². The lowest BCUT2D eigenvalue weighted by molar-refractivity contribution is 0.0959. The van der Waals surface area contributed by atoms with E-state index in [0.717, 1.165) is 0 Å². The van der Waals surface area contributed by atoms with Gasteiger partial charge in [0, 0.05) is 18.9 Å². The number of nitrogens with one attached hydrogen (secondary N) is 1. The Kier molecular flexibility index (Phi) is 2.91. The van der Waals surface area contributed by atoms with Crippen LogP contribution in [0.1, 0.15) is 10.4 Å². The lowest BCUT2D eigenvalue weighted by Gasteiger charge is -2.04. The van der Waals surface area contributed by atoms with Crippen molar-refractivity contribution in [1.29, 1.82) is 0 Å². The summed E-state index contributed by atoms with van der Waals surface area (Å²) in [4.78, 5) is 20.1. The van der Waals surface area contributed by atoms with E-state index in [4.69, 9.17) is 0 Å². The van der Waals surface area contributed by atoms with Crippen LogP contribution in [0.4, 0.5) is 0 Å². The molecule has 0 aliphatic carbocycles. The summed E-state index contributed by atoms with van der Waals surface area (Å²) in [6, 6.07) is 5.35. The van der Waals surface area contributed by atoms with Crippen LogP contribution in [0.2, 0.25) is 0 Å². The van der Waals surface area contributed by atoms with Gasteiger partial charge in [-0.15, -0.1) is 6.58 Å². The highest BCUT2D eigenvalue weighted by atomic mass is 16.1. The van der Waals surface area contributed by atoms with Crippen molar-refractivity contribution in [3.63, 3.8) is 0 Å². The molecule has 0 atom stereocenters. The molecule has 80 valence electrons. The summed E-state index contributed by atoms with van der Waals surface area (Å²) >= 11 is 0. The Labute approximate surface area is 93.0 Å². The van der Waals surface area contributed by atoms with Crippen molar-refractivity contribution in [2.45, 2.75) is 0 Å². The van der Waals surface area contributed by atoms with Crippen molar-refractivity contribution in [1.82, 2.24) is 15.3 Å². The maximum Gasteiger partial charge on any atom is 0.253 e. The van der Waals surface area contributed by atoms with Gasteiger partial charge in [-0.1, -0.05) is 12.1 Å². The predicted octanol–water partition coefficient (Wildman–Crippen LogP) is 1.55. The molecule has 0 fully saturated rings. The van der Waals surface area contributed by atoms with E-state index in [1.54, 1.807) is 30.6 Å². The maximum atomic E-state index is 11.8. The van der Waals surface area contributed by atoms with Gasteiger partial charge < -0.3 is 5.32 Å². The molecule has 0 saturated carbocycles. The van der Waals surface area contributed by atoms with Crippen molar-refractivity contribution in [3.8, 4) is 0 Å². The lowest BCUT2D eigenvalue weighted by atomic mass is 10.1. The first-order valence-electron chi connectivity index (χ1n) is 4.92. The summed E-state index contributed by atoms with van der Waals surface area (Å²) in [6.07, 6.45) is 4.81. The SMILES string of the molecule is C=CCNC(=O)c1cccc2nccnc12. The van der Waals surface area contributed by atoms with Crippen LogP contribution in [0.15, 0.2) is 43.2 Å². The largest absolute Gasteiger partial charge is 0.349 e. The normalized spacial score (nSPS) is 10.0. The van der Waals surface area contributed by atoms with Gasteiger partial charge in [-0.2, -0.15) is 0 Å². The van der Waals surface area contributed by atoms with Gasteiger partial charge >= 0.3 is 0 Å². The summed E-state index contributed by atoms with van der Waals surface area (Å²) in [5.41, 5.74) is 1.87. The van der Waals surface area contributed by atoms with Crippen molar-refractivity contribution in [2.75, 3.05) is 6.54 Å². The first kappa shape index (κ1) is 10.3. The van der Waals surface area contributed by atoms with Gasteiger partial charge in [0.05, 0.1) is 11.1 Å². The number of nitrogens with zero attached hydrogens (tertiary/aromatic N) is 2. The first-order valence-corrected chi connectivity index (χ1v) is 4.92. The minimum absolute atomic E-state index is 0.161. The molecule has 1 aromatic carbocycles. The third-order valence-electron chi connectivity index (χ3n) is 2.15. The molecule has 1 N–H and O–H groups in total. The second-order valence-corrected chi connectivity index (χ2v) is 3.23. The van der Waals surface area contributed by atoms with Crippen LogP contribution in [0, 0.1) is 0 Å². The zero-order valence-corrected chi connectivity index (χ0v) is 8.68. The molecular weight excluding hydrogens is 202 g/mol. The van der Waals surface area contributed by atoms with Crippen LogP contribution in [0.25, 0.3) is 11.0 Å². The number of carbonyl (C=O) groups is 1. The van der Waals surface area contributed by atoms with Gasteiger partial charge in [-0.25, -0.2) is 0 Å². The monoisotopic (exact) mass is 213 g/mol. The highest BCUT2D eigenvalue weighted by Gasteiger charge is 2.09. The Morgan fingerprint density at radius 3 is 3.00 bits per heavy atom. The standard InChI is InChI=1S/C12H11N3O/c1-2-6-15-12(16)9-4-3-5-10-11(9)14-8-7-13-10/h2-5,7-8H,1,6H2,(H,15,16). The van der Waals surface area contributed by atoms with E-state index in [1.165, 1.54) is 0 Å². The zero-order chi connectivity index (χ0) is 11.4. The van der Waals surface area contributed by atoms with Crippen LogP contribution in [0.5, 0.6) is 0 Å². The van der Waals surface area contributed by atoms with Gasteiger partial charge in [-0.3, -0.25) is 14.8 Å². The zero-order valence-electron chi connectivity index (χ0n) is 8.68. The molecule has 16 heavy (non-hydrogen) atoms. The molecular formula is C12H11N3O. The molecule has 4 heteroatoms. The molecule has 2 aromatic rings. The molecule has 4 nitrogen and oxygen atoms in total. The molecule has 0 aliphatic rings. The molecule has 0 bridgehead atoms. The number of hydrogen-bond acceptors (Lipinski definition) is 3. The molecule has 0 aliphatic heterocycles. The third kappa shape index (κ3) is 1.91. The Morgan fingerprint density at radius 2 is 2.19 bits per heavy atom. The van der Waals surface area contributed by atoms with E-state index in [-0.39, 0.29) is 5.91 Å². The molecule has 2 rings (SSSR count). The van der Waals surface area contributed by atoms with Gasteiger partial charge in [0.1, 0.15) is 5.52 Å². The predicted molar refractivity (Wildman–Crippen MR) is 62.1 cm³/mol. The van der Waals surface area contributed by atoms with Gasteiger partial charge in [0.2, 0.25) is 0 Å². The molecule has 1 heterocycles. The number of aromatic nitrogens is 2. The fourth-order valence-corrected chi connectivity index (χ4v) is 1.44. The van der Waals surface area contributed by atoms with E-state index in [1.807, 2.05) is 6.07 Å². The van der Waals surface area contributed by atoms with Crippen LogP contribution in [0.3, 0.4) is 0 Å². The van der Waals surface area contributed by atoms with Crippen LogP contribution in [-0.4, -0.2) is 22.4 Å². The summed E-state index contributed by atoms with van der Waals surface area (Å²) < 4.78 is 0. The summed E-state index contributed by atoms with van der Waals surface area (Å²) in [5, 5.41) is 2.72. The fraction of sp³-hybridized carbons (Fsp3) is 0.0833. The van der Waals surface area contributed by atoms with E-state index < -0.39 is 0 Å². The van der Waals surface area contributed by atoms with Crippen molar-refractivity contribution < 1.29 is 4.79 Å². The Balaban J connectivity index is 2.44. The van der Waals surface area contributed by atoms with Crippen molar-refractivity contribution in [2.24, 2.45) is 0 Å². The van der Waals surface area contributed by atoms with Gasteiger partial charge in [0.25, 0.3) is 5.91 Å². The van der Waals surface area contributed by atoms with Gasteiger partial charge in [-0.05, 0) is 12.1 Å². The average Bonchev–Trinajstić information content (AvgIpc) is 2.35. The van der Waals surface area contributed by atoms with Crippen LogP contribution < -0.4 is 5.32 Å². The Morgan fingerprint density at radius 1 is 1.38 bits per heavy atom. The highest BCUT2D eigenvalue weighted by Crippen LogP contribution is 2.13. The van der Waals surface area contributed by atoms with E-state index in [9.17, 15) is 4.79 Å². The Hall–Kier alpha value is -2.23. The van der Waals surface area contributed by atoms with Crippen LogP contribution in [-0.2, 0) is 0 Å². The minimum atomic E-state index is -0.161. The summed E-state index contributed by atoms with van der Waals surface area (Å²) in [5.74, 6) is -0.161. The third-order valence-corrected chi connectivity index (χ3v) is 2.15. The number of para-hydroxylation sites is 1. The smallest absolute Gasteiger partial charge is 0.253 e. The second-order valence-electron chi connectivity index (χ2n) is 3.23. The molecule has 0 saturated heterocycles. The van der Waals surface area contributed by atoms with Gasteiger partial charge in [0.15, 0.2) is 0 Å². The molecule has 0 unspecified atom stereocenters. The molecule has 0 spiro atoms. The van der Waals surface area contributed by atoms with Crippen molar-refractivity contribution in [3.05, 3.63) is 48.8 Å². The number of rotatable bonds is 3. The number of benzene rings is 1. The fourth-order valence-electron chi connectivity index (χ4n) is 1.44. The molecule has 1 aromatic heterocycles.